The molecule has 0 spiro atoms. The van der Waals surface area contributed by atoms with Gasteiger partial charge in [0.1, 0.15) is 0 Å². The van der Waals surface area contributed by atoms with Crippen molar-refractivity contribution in [2.45, 2.75) is 56.9 Å². The molecule has 2 unspecified atom stereocenters. The molecule has 1 amide bonds. The van der Waals surface area contributed by atoms with Gasteiger partial charge in [0, 0.05) is 23.4 Å². The average molecular weight is 293 g/mol. The fourth-order valence-electron chi connectivity index (χ4n) is 2.74. The molecular weight excluding hydrogens is 268 g/mol. The van der Waals surface area contributed by atoms with E-state index < -0.39 is 0 Å². The fraction of sp³-hybridized carbons (Fsp3) is 0.923. The summed E-state index contributed by atoms with van der Waals surface area (Å²) in [6.45, 7) is 8.57. The Morgan fingerprint density at radius 2 is 1.94 bits per heavy atom. The summed E-state index contributed by atoms with van der Waals surface area (Å²) in [5, 5.41) is 3.44. The van der Waals surface area contributed by atoms with Crippen LogP contribution in [0.1, 0.15) is 40.0 Å². The van der Waals surface area contributed by atoms with Crippen LogP contribution < -0.4 is 5.32 Å². The molecule has 0 aromatic heterocycles. The summed E-state index contributed by atoms with van der Waals surface area (Å²) in [4.78, 5) is 14.5. The zero-order valence-electron chi connectivity index (χ0n) is 11.6. The predicted octanol–water partition coefficient (Wildman–Crippen LogP) is 2.29. The first kappa shape index (κ1) is 16.1. The molecule has 2 saturated heterocycles. The number of hydrogen-bond acceptors (Lipinski definition) is 3. The first-order valence-electron chi connectivity index (χ1n) is 6.63. The van der Waals surface area contributed by atoms with E-state index >= 15 is 0 Å². The van der Waals surface area contributed by atoms with Gasteiger partial charge in [-0.15, -0.1) is 24.2 Å². The van der Waals surface area contributed by atoms with Crippen LogP contribution >= 0.6 is 24.2 Å². The molecule has 0 aliphatic carbocycles. The van der Waals surface area contributed by atoms with Crippen LogP contribution in [-0.2, 0) is 4.79 Å². The zero-order valence-corrected chi connectivity index (χ0v) is 13.2. The fourth-order valence-corrected chi connectivity index (χ4v) is 3.45. The second kappa shape index (κ2) is 6.49. The van der Waals surface area contributed by atoms with E-state index in [1.807, 2.05) is 0 Å². The molecule has 18 heavy (non-hydrogen) atoms. The lowest BCUT2D eigenvalue weighted by Crippen LogP contribution is -2.43. The summed E-state index contributed by atoms with van der Waals surface area (Å²) < 4.78 is 0.179. The van der Waals surface area contributed by atoms with Crippen molar-refractivity contribution in [3.05, 3.63) is 0 Å². The van der Waals surface area contributed by atoms with E-state index in [4.69, 9.17) is 0 Å². The third-order valence-electron chi connectivity index (χ3n) is 3.57. The SMILES string of the molecule is CC(C)(C)SCC(=O)N1C2CCNCC1CC2.Cl. The second-order valence-corrected chi connectivity index (χ2v) is 7.88. The molecular formula is C13H25ClN2OS. The number of carbonyl (C=O) groups excluding carboxylic acids is 1. The minimum atomic E-state index is 0. The highest BCUT2D eigenvalue weighted by atomic mass is 35.5. The van der Waals surface area contributed by atoms with Crippen molar-refractivity contribution in [1.82, 2.24) is 10.2 Å². The highest BCUT2D eigenvalue weighted by Crippen LogP contribution is 2.30. The lowest BCUT2D eigenvalue weighted by molar-refractivity contribution is -0.130. The average Bonchev–Trinajstić information content (AvgIpc) is 2.47. The van der Waals surface area contributed by atoms with Gasteiger partial charge in [-0.1, -0.05) is 20.8 Å². The summed E-state index contributed by atoms with van der Waals surface area (Å²) in [6, 6.07) is 0.957. The normalized spacial score (nSPS) is 27.6. The van der Waals surface area contributed by atoms with Crippen molar-refractivity contribution in [2.75, 3.05) is 18.8 Å². The first-order chi connectivity index (χ1) is 7.97. The maximum absolute atomic E-state index is 12.3. The minimum Gasteiger partial charge on any atom is -0.335 e. The van der Waals surface area contributed by atoms with Crippen molar-refractivity contribution in [3.8, 4) is 0 Å². The lowest BCUT2D eigenvalue weighted by Gasteiger charge is -2.29. The van der Waals surface area contributed by atoms with Crippen LogP contribution in [0.15, 0.2) is 0 Å². The van der Waals surface area contributed by atoms with Gasteiger partial charge >= 0.3 is 0 Å². The van der Waals surface area contributed by atoms with Gasteiger partial charge in [-0.2, -0.15) is 0 Å². The maximum Gasteiger partial charge on any atom is 0.233 e. The Bertz CT molecular complexity index is 279. The number of carbonyl (C=O) groups is 1. The van der Waals surface area contributed by atoms with Gasteiger partial charge in [0.2, 0.25) is 5.91 Å². The molecule has 0 aromatic carbocycles. The Morgan fingerprint density at radius 1 is 1.28 bits per heavy atom. The summed E-state index contributed by atoms with van der Waals surface area (Å²) in [5.74, 6) is 0.984. The summed E-state index contributed by atoms with van der Waals surface area (Å²) in [5.41, 5.74) is 0. The Hall–Kier alpha value is 0.0700. The van der Waals surface area contributed by atoms with Gasteiger partial charge in [-0.25, -0.2) is 0 Å². The van der Waals surface area contributed by atoms with Gasteiger partial charge in [-0.05, 0) is 25.8 Å². The summed E-state index contributed by atoms with van der Waals surface area (Å²) in [6.07, 6.45) is 3.52. The largest absolute Gasteiger partial charge is 0.335 e. The van der Waals surface area contributed by atoms with E-state index in [9.17, 15) is 4.79 Å². The number of amides is 1. The molecule has 106 valence electrons. The minimum absolute atomic E-state index is 0. The van der Waals surface area contributed by atoms with E-state index in [0.717, 1.165) is 19.5 Å². The van der Waals surface area contributed by atoms with Gasteiger partial charge < -0.3 is 10.2 Å². The van der Waals surface area contributed by atoms with E-state index in [1.165, 1.54) is 12.8 Å². The molecule has 2 heterocycles. The molecule has 0 aromatic rings. The van der Waals surface area contributed by atoms with E-state index in [2.05, 4.69) is 31.0 Å². The molecule has 2 fully saturated rings. The lowest BCUT2D eigenvalue weighted by atomic mass is 10.1. The van der Waals surface area contributed by atoms with Crippen molar-refractivity contribution in [3.63, 3.8) is 0 Å². The third kappa shape index (κ3) is 4.04. The van der Waals surface area contributed by atoms with Crippen LogP contribution in [-0.4, -0.2) is 46.5 Å². The Labute approximate surface area is 121 Å². The summed E-state index contributed by atoms with van der Waals surface area (Å²) in [7, 11) is 0. The topological polar surface area (TPSA) is 32.3 Å². The van der Waals surface area contributed by atoms with Crippen LogP contribution in [0.5, 0.6) is 0 Å². The number of fused-ring (bicyclic) bond motifs is 2. The van der Waals surface area contributed by atoms with E-state index in [0.29, 0.717) is 23.7 Å². The van der Waals surface area contributed by atoms with Crippen molar-refractivity contribution < 1.29 is 4.79 Å². The molecule has 2 atom stereocenters. The molecule has 3 nitrogen and oxygen atoms in total. The Morgan fingerprint density at radius 3 is 2.61 bits per heavy atom. The van der Waals surface area contributed by atoms with Gasteiger partial charge in [0.05, 0.1) is 5.75 Å². The van der Waals surface area contributed by atoms with E-state index in [1.54, 1.807) is 11.8 Å². The Kier molecular flexibility index (Phi) is 5.81. The molecule has 2 aliphatic heterocycles. The highest BCUT2D eigenvalue weighted by molar-refractivity contribution is 8.01. The second-order valence-electron chi connectivity index (χ2n) is 6.08. The van der Waals surface area contributed by atoms with Crippen molar-refractivity contribution >= 4 is 30.1 Å². The van der Waals surface area contributed by atoms with E-state index in [-0.39, 0.29) is 17.2 Å². The standard InChI is InChI=1S/C13H24N2OS.ClH/c1-13(2,3)17-9-12(16)15-10-4-5-11(15)8-14-7-6-10;/h10-11,14H,4-9H2,1-3H3;1H. The van der Waals surface area contributed by atoms with Crippen molar-refractivity contribution in [1.29, 1.82) is 0 Å². The number of halogens is 1. The number of hydrogen-bond donors (Lipinski definition) is 1. The molecule has 0 saturated carbocycles. The number of nitrogens with one attached hydrogen (secondary N) is 1. The molecule has 2 bridgehead atoms. The van der Waals surface area contributed by atoms with Gasteiger partial charge in [0.15, 0.2) is 0 Å². The smallest absolute Gasteiger partial charge is 0.233 e. The molecule has 1 N–H and O–H groups in total. The molecule has 5 heteroatoms. The van der Waals surface area contributed by atoms with Crippen LogP contribution in [0, 0.1) is 0 Å². The van der Waals surface area contributed by atoms with Crippen LogP contribution in [0.3, 0.4) is 0 Å². The van der Waals surface area contributed by atoms with Crippen LogP contribution in [0.2, 0.25) is 0 Å². The quantitative estimate of drug-likeness (QED) is 0.848. The van der Waals surface area contributed by atoms with Crippen molar-refractivity contribution in [2.24, 2.45) is 0 Å². The Balaban J connectivity index is 0.00000162. The maximum atomic E-state index is 12.3. The number of nitrogens with zero attached hydrogens (tertiary/aromatic N) is 1. The molecule has 0 radical (unpaired) electrons. The molecule has 2 rings (SSSR count). The first-order valence-corrected chi connectivity index (χ1v) is 7.62. The highest BCUT2D eigenvalue weighted by Gasteiger charge is 2.37. The number of thioether (sulfide) groups is 1. The summed E-state index contributed by atoms with van der Waals surface area (Å²) >= 11 is 1.76. The van der Waals surface area contributed by atoms with Crippen LogP contribution in [0.4, 0.5) is 0 Å². The number of rotatable bonds is 2. The van der Waals surface area contributed by atoms with Gasteiger partial charge in [0.25, 0.3) is 0 Å². The van der Waals surface area contributed by atoms with Crippen LogP contribution in [0.25, 0.3) is 0 Å². The zero-order chi connectivity index (χ0) is 12.5. The molecule has 2 aliphatic rings. The van der Waals surface area contributed by atoms with Gasteiger partial charge in [-0.3, -0.25) is 4.79 Å². The predicted molar refractivity (Wildman–Crippen MR) is 80.6 cm³/mol. The monoisotopic (exact) mass is 292 g/mol. The third-order valence-corrected chi connectivity index (χ3v) is 4.83.